The Morgan fingerprint density at radius 3 is 1.76 bits per heavy atom. The SMILES string of the molecule is [2H]c1c([2H])c([2H])c(-c2ccc(N(c3ccccc3)c3ccc(-c4ccc(-c5ccc6c(c5)C(C)(C)c5ccccc5-6)cc4)c4ccccc34)cc2)c([2H])c1[2H]. The standard InChI is InChI=1S/C49H37N/c1-49(2)46-20-12-11-18-43(46)44-30-27-38(33-47(44)49)36-21-23-37(24-22-36)41-31-32-48(45-19-10-9-17-42(41)45)50(39-15-7-4-8-16-39)40-28-25-35(26-29-40)34-13-5-3-6-14-34/h3-33H,1-2H3/i3D,5D,6D,13D,14D. The minimum absolute atomic E-state index is 0.0530. The molecule has 0 aromatic heterocycles. The van der Waals surface area contributed by atoms with Crippen molar-refractivity contribution >= 4 is 27.8 Å². The zero-order valence-corrected chi connectivity index (χ0v) is 28.0. The van der Waals surface area contributed by atoms with Gasteiger partial charge in [-0.25, -0.2) is 0 Å². The topological polar surface area (TPSA) is 3.24 Å². The van der Waals surface area contributed by atoms with Crippen LogP contribution < -0.4 is 4.90 Å². The molecule has 1 aliphatic carbocycles. The van der Waals surface area contributed by atoms with Gasteiger partial charge in [0, 0.05) is 22.2 Å². The summed E-state index contributed by atoms with van der Waals surface area (Å²) in [5, 5.41) is 2.21. The highest BCUT2D eigenvalue weighted by atomic mass is 15.1. The molecule has 0 unspecified atom stereocenters. The summed E-state index contributed by atoms with van der Waals surface area (Å²) in [7, 11) is 0. The number of fused-ring (bicyclic) bond motifs is 4. The largest absolute Gasteiger partial charge is 0.310 e. The van der Waals surface area contributed by atoms with E-state index in [1.807, 2.05) is 42.5 Å². The first-order valence-electron chi connectivity index (χ1n) is 19.5. The van der Waals surface area contributed by atoms with Gasteiger partial charge in [-0.3, -0.25) is 0 Å². The van der Waals surface area contributed by atoms with Crippen molar-refractivity contribution in [3.05, 3.63) is 199 Å². The Morgan fingerprint density at radius 1 is 0.420 bits per heavy atom. The Hall–Kier alpha value is -6.18. The summed E-state index contributed by atoms with van der Waals surface area (Å²) >= 11 is 0. The first-order valence-corrected chi connectivity index (χ1v) is 17.0. The fraction of sp³-hybridized carbons (Fsp3) is 0.0612. The molecule has 0 atom stereocenters. The van der Waals surface area contributed by atoms with E-state index in [1.165, 1.54) is 33.4 Å². The molecule has 0 heterocycles. The minimum atomic E-state index is -0.397. The van der Waals surface area contributed by atoms with E-state index in [4.69, 9.17) is 6.85 Å². The lowest BCUT2D eigenvalue weighted by Crippen LogP contribution is -2.14. The van der Waals surface area contributed by atoms with Gasteiger partial charge < -0.3 is 4.90 Å². The van der Waals surface area contributed by atoms with Gasteiger partial charge in [0.15, 0.2) is 0 Å². The Balaban J connectivity index is 1.09. The van der Waals surface area contributed by atoms with Crippen molar-refractivity contribution in [2.24, 2.45) is 0 Å². The summed E-state index contributed by atoms with van der Waals surface area (Å²) in [6, 6.07) is 53.6. The van der Waals surface area contributed by atoms with Crippen molar-refractivity contribution in [2.45, 2.75) is 19.3 Å². The van der Waals surface area contributed by atoms with Crippen LogP contribution in [0.4, 0.5) is 17.1 Å². The molecule has 0 spiro atoms. The molecule has 0 saturated heterocycles. The second-order valence-electron chi connectivity index (χ2n) is 13.4. The highest BCUT2D eigenvalue weighted by Crippen LogP contribution is 2.49. The van der Waals surface area contributed by atoms with Crippen molar-refractivity contribution in [1.82, 2.24) is 0 Å². The Kier molecular flexibility index (Phi) is 6.00. The van der Waals surface area contributed by atoms with Crippen LogP contribution in [0.2, 0.25) is 0 Å². The Labute approximate surface area is 301 Å². The first-order chi connectivity index (χ1) is 26.6. The molecule has 238 valence electrons. The van der Waals surface area contributed by atoms with Crippen molar-refractivity contribution in [1.29, 1.82) is 0 Å². The molecule has 0 fully saturated rings. The summed E-state index contributed by atoms with van der Waals surface area (Å²) in [5.74, 6) is 0. The molecule has 0 N–H and O–H groups in total. The smallest absolute Gasteiger partial charge is 0.0629 e. The third-order valence-electron chi connectivity index (χ3n) is 10.2. The number of hydrogen-bond acceptors (Lipinski definition) is 1. The highest BCUT2D eigenvalue weighted by Gasteiger charge is 2.35. The maximum absolute atomic E-state index is 8.50. The molecule has 0 radical (unpaired) electrons. The third kappa shape index (κ3) is 5.02. The summed E-state index contributed by atoms with van der Waals surface area (Å²) in [6.45, 7) is 4.63. The van der Waals surface area contributed by atoms with Gasteiger partial charge in [-0.2, -0.15) is 0 Å². The van der Waals surface area contributed by atoms with Crippen LogP contribution in [0.15, 0.2) is 188 Å². The molecule has 0 amide bonds. The molecule has 0 bridgehead atoms. The van der Waals surface area contributed by atoms with E-state index in [0.29, 0.717) is 5.56 Å². The lowest BCUT2D eigenvalue weighted by Gasteiger charge is -2.27. The summed E-state index contributed by atoms with van der Waals surface area (Å²) in [5.41, 5.74) is 13.6. The van der Waals surface area contributed by atoms with Crippen LogP contribution >= 0.6 is 0 Å². The van der Waals surface area contributed by atoms with Crippen molar-refractivity contribution in [3.8, 4) is 44.5 Å². The van der Waals surface area contributed by atoms with Gasteiger partial charge in [-0.05, 0) is 97.4 Å². The second-order valence-corrected chi connectivity index (χ2v) is 13.4. The van der Waals surface area contributed by atoms with E-state index >= 15 is 0 Å². The summed E-state index contributed by atoms with van der Waals surface area (Å²) < 4.78 is 41.3. The third-order valence-corrected chi connectivity index (χ3v) is 10.2. The highest BCUT2D eigenvalue weighted by molar-refractivity contribution is 6.06. The van der Waals surface area contributed by atoms with E-state index in [9.17, 15) is 0 Å². The van der Waals surface area contributed by atoms with Crippen LogP contribution in [0.25, 0.3) is 55.3 Å². The number of nitrogens with zero attached hydrogens (tertiary/aromatic N) is 1. The van der Waals surface area contributed by atoms with E-state index in [2.05, 4.69) is 134 Å². The molecule has 50 heavy (non-hydrogen) atoms. The molecule has 0 saturated carbocycles. The van der Waals surface area contributed by atoms with Gasteiger partial charge >= 0.3 is 0 Å². The molecule has 8 aromatic rings. The van der Waals surface area contributed by atoms with E-state index in [1.54, 1.807) is 0 Å². The summed E-state index contributed by atoms with van der Waals surface area (Å²) in [6.07, 6.45) is 0. The Bertz CT molecular complexity index is 2740. The van der Waals surface area contributed by atoms with Gasteiger partial charge in [0.05, 0.1) is 12.5 Å². The molecule has 8 aromatic carbocycles. The second kappa shape index (κ2) is 12.1. The van der Waals surface area contributed by atoms with E-state index < -0.39 is 6.04 Å². The van der Waals surface area contributed by atoms with Crippen LogP contribution in [0, 0.1) is 0 Å². The number of para-hydroxylation sites is 1. The zero-order valence-electron chi connectivity index (χ0n) is 33.0. The molecule has 1 heteroatoms. The fourth-order valence-corrected chi connectivity index (χ4v) is 7.63. The van der Waals surface area contributed by atoms with E-state index in [-0.39, 0.29) is 35.1 Å². The molecular weight excluding hydrogens is 603 g/mol. The van der Waals surface area contributed by atoms with E-state index in [0.717, 1.165) is 39.0 Å². The van der Waals surface area contributed by atoms with Crippen LogP contribution in [0.3, 0.4) is 0 Å². The lowest BCUT2D eigenvalue weighted by molar-refractivity contribution is 0.660. The number of benzene rings is 8. The molecule has 0 aliphatic heterocycles. The van der Waals surface area contributed by atoms with Crippen molar-refractivity contribution in [3.63, 3.8) is 0 Å². The van der Waals surface area contributed by atoms with Gasteiger partial charge in [-0.15, -0.1) is 0 Å². The molecule has 9 rings (SSSR count). The Morgan fingerprint density at radius 2 is 0.980 bits per heavy atom. The molecular formula is C49H37N. The quantitative estimate of drug-likeness (QED) is 0.174. The number of rotatable bonds is 6. The molecule has 1 aliphatic rings. The number of hydrogen-bond donors (Lipinski definition) is 0. The fourth-order valence-electron chi connectivity index (χ4n) is 7.63. The van der Waals surface area contributed by atoms with Gasteiger partial charge in [0.25, 0.3) is 0 Å². The summed E-state index contributed by atoms with van der Waals surface area (Å²) in [4.78, 5) is 2.20. The normalized spacial score (nSPS) is 14.2. The van der Waals surface area contributed by atoms with Crippen LogP contribution in [0.5, 0.6) is 0 Å². The maximum atomic E-state index is 8.50. The predicted molar refractivity (Wildman–Crippen MR) is 213 cm³/mol. The van der Waals surface area contributed by atoms with Gasteiger partial charge in [0.2, 0.25) is 0 Å². The van der Waals surface area contributed by atoms with Gasteiger partial charge in [-0.1, -0.05) is 165 Å². The number of anilines is 3. The minimum Gasteiger partial charge on any atom is -0.310 e. The van der Waals surface area contributed by atoms with Crippen LogP contribution in [-0.2, 0) is 5.41 Å². The van der Waals surface area contributed by atoms with Crippen molar-refractivity contribution in [2.75, 3.05) is 4.90 Å². The van der Waals surface area contributed by atoms with Crippen LogP contribution in [0.1, 0.15) is 31.8 Å². The zero-order chi connectivity index (χ0) is 38.0. The molecule has 1 nitrogen and oxygen atoms in total. The average Bonchev–Trinajstić information content (AvgIpc) is 3.46. The predicted octanol–water partition coefficient (Wildman–Crippen LogP) is 13.6. The van der Waals surface area contributed by atoms with Gasteiger partial charge in [0.1, 0.15) is 0 Å². The van der Waals surface area contributed by atoms with Crippen LogP contribution in [-0.4, -0.2) is 0 Å². The maximum Gasteiger partial charge on any atom is 0.0629 e. The van der Waals surface area contributed by atoms with Crippen molar-refractivity contribution < 1.29 is 6.85 Å². The first kappa shape index (κ1) is 24.9. The monoisotopic (exact) mass is 644 g/mol. The average molecular weight is 645 g/mol. The lowest BCUT2D eigenvalue weighted by atomic mass is 9.81.